The van der Waals surface area contributed by atoms with E-state index in [4.69, 9.17) is 19.3 Å². The average molecular weight is 252 g/mol. The Balaban J connectivity index is 1.83. The smallest absolute Gasteiger partial charge is 0.184 e. The van der Waals surface area contributed by atoms with E-state index in [2.05, 4.69) is 0 Å². The molecule has 0 unspecified atom stereocenters. The first-order valence-corrected chi connectivity index (χ1v) is 6.35. The Hall–Kier alpha value is -1.10. The predicted octanol–water partition coefficient (Wildman–Crippen LogP) is 2.27. The first-order chi connectivity index (χ1) is 8.83. The van der Waals surface area contributed by atoms with Crippen LogP contribution >= 0.6 is 0 Å². The van der Waals surface area contributed by atoms with Gasteiger partial charge in [-0.2, -0.15) is 0 Å². The summed E-state index contributed by atoms with van der Waals surface area (Å²) in [5.41, 5.74) is 1.01. The first kappa shape index (κ1) is 13.3. The lowest BCUT2D eigenvalue weighted by Gasteiger charge is -2.12. The Kier molecular flexibility index (Phi) is 4.99. The van der Waals surface area contributed by atoms with Gasteiger partial charge in [0.2, 0.25) is 0 Å². The Morgan fingerprint density at radius 3 is 2.72 bits per heavy atom. The number of methoxy groups -OCH3 is 1. The van der Waals surface area contributed by atoms with Gasteiger partial charge in [0, 0.05) is 12.2 Å². The minimum absolute atomic E-state index is 0.142. The molecule has 0 aliphatic carbocycles. The van der Waals surface area contributed by atoms with E-state index in [1.807, 2.05) is 24.3 Å². The monoisotopic (exact) mass is 252 g/mol. The molecule has 2 atom stereocenters. The van der Waals surface area contributed by atoms with E-state index in [0.717, 1.165) is 30.6 Å². The number of benzene rings is 1. The number of hydrogen-bond acceptors (Lipinski definition) is 4. The molecular weight excluding hydrogens is 232 g/mol. The molecule has 1 heterocycles. The van der Waals surface area contributed by atoms with Gasteiger partial charge in [-0.1, -0.05) is 12.1 Å². The fraction of sp³-hybridized carbons (Fsp3) is 0.571. The van der Waals surface area contributed by atoms with Gasteiger partial charge in [0.1, 0.15) is 5.75 Å². The Bertz CT molecular complexity index is 349. The van der Waals surface area contributed by atoms with Crippen LogP contribution < -0.4 is 4.74 Å². The minimum atomic E-state index is -0.268. The summed E-state index contributed by atoms with van der Waals surface area (Å²) >= 11 is 0. The molecule has 1 fully saturated rings. The van der Waals surface area contributed by atoms with Crippen LogP contribution in [0.5, 0.6) is 5.75 Å². The maximum absolute atomic E-state index is 8.74. The molecule has 1 N–H and O–H groups in total. The van der Waals surface area contributed by atoms with Crippen molar-refractivity contribution >= 4 is 0 Å². The molecule has 0 spiro atoms. The second kappa shape index (κ2) is 6.73. The zero-order valence-corrected chi connectivity index (χ0v) is 10.7. The van der Waals surface area contributed by atoms with Gasteiger partial charge in [-0.25, -0.2) is 0 Å². The van der Waals surface area contributed by atoms with Gasteiger partial charge < -0.3 is 19.3 Å². The van der Waals surface area contributed by atoms with Gasteiger partial charge in [0.15, 0.2) is 6.29 Å². The standard InChI is InChI=1S/C14H20O4/c1-16-12-7-5-11(6-8-12)14-17-10-13(18-14)4-2-3-9-15/h5-8,13-15H,2-4,9-10H2,1H3/t13-,14+/m0/s1. The summed E-state index contributed by atoms with van der Waals surface area (Å²) in [4.78, 5) is 0. The summed E-state index contributed by atoms with van der Waals surface area (Å²) in [6, 6.07) is 7.72. The van der Waals surface area contributed by atoms with Crippen LogP contribution in [0.3, 0.4) is 0 Å². The second-order valence-electron chi connectivity index (χ2n) is 4.42. The van der Waals surface area contributed by atoms with E-state index in [9.17, 15) is 0 Å². The van der Waals surface area contributed by atoms with Crippen LogP contribution in [0.4, 0.5) is 0 Å². The number of unbranched alkanes of at least 4 members (excludes halogenated alkanes) is 1. The van der Waals surface area contributed by atoms with E-state index < -0.39 is 0 Å². The van der Waals surface area contributed by atoms with Crippen LogP contribution in [0, 0.1) is 0 Å². The summed E-state index contributed by atoms with van der Waals surface area (Å²) < 4.78 is 16.6. The quantitative estimate of drug-likeness (QED) is 0.789. The van der Waals surface area contributed by atoms with Crippen LogP contribution in [-0.2, 0) is 9.47 Å². The molecule has 0 bridgehead atoms. The number of hydrogen-bond donors (Lipinski definition) is 1. The molecule has 1 aliphatic heterocycles. The van der Waals surface area contributed by atoms with Gasteiger partial charge in [-0.15, -0.1) is 0 Å². The fourth-order valence-electron chi connectivity index (χ4n) is 2.02. The lowest BCUT2D eigenvalue weighted by atomic mass is 10.2. The molecule has 2 rings (SSSR count). The predicted molar refractivity (Wildman–Crippen MR) is 67.5 cm³/mol. The summed E-state index contributed by atoms with van der Waals surface area (Å²) in [7, 11) is 1.65. The third-order valence-electron chi connectivity index (χ3n) is 3.07. The van der Waals surface area contributed by atoms with Crippen LogP contribution in [0.1, 0.15) is 31.1 Å². The van der Waals surface area contributed by atoms with E-state index in [1.165, 1.54) is 0 Å². The van der Waals surface area contributed by atoms with Crippen LogP contribution in [0.2, 0.25) is 0 Å². The van der Waals surface area contributed by atoms with Gasteiger partial charge in [-0.3, -0.25) is 0 Å². The second-order valence-corrected chi connectivity index (χ2v) is 4.42. The number of aliphatic hydroxyl groups excluding tert-OH is 1. The van der Waals surface area contributed by atoms with Crippen molar-refractivity contribution in [2.75, 3.05) is 20.3 Å². The van der Waals surface area contributed by atoms with Crippen LogP contribution in [0.25, 0.3) is 0 Å². The molecule has 1 aromatic rings. The topological polar surface area (TPSA) is 47.9 Å². The summed E-state index contributed by atoms with van der Waals surface area (Å²) in [6.07, 6.45) is 2.61. The van der Waals surface area contributed by atoms with Crippen molar-refractivity contribution in [1.29, 1.82) is 0 Å². The van der Waals surface area contributed by atoms with Crippen molar-refractivity contribution in [3.8, 4) is 5.75 Å². The van der Waals surface area contributed by atoms with Crippen molar-refractivity contribution in [1.82, 2.24) is 0 Å². The molecule has 1 aromatic carbocycles. The number of ether oxygens (including phenoxy) is 3. The molecule has 100 valence electrons. The molecular formula is C14H20O4. The minimum Gasteiger partial charge on any atom is -0.497 e. The maximum Gasteiger partial charge on any atom is 0.184 e. The Labute approximate surface area is 107 Å². The summed E-state index contributed by atoms with van der Waals surface area (Å²) in [5, 5.41) is 8.74. The SMILES string of the molecule is COc1ccc([C@@H]2OC[C@H](CCCCO)O2)cc1. The molecule has 0 saturated carbocycles. The normalized spacial score (nSPS) is 23.2. The maximum atomic E-state index is 8.74. The van der Waals surface area contributed by atoms with Crippen LogP contribution in [0.15, 0.2) is 24.3 Å². The Morgan fingerprint density at radius 1 is 1.28 bits per heavy atom. The van der Waals surface area contributed by atoms with Crippen molar-refractivity contribution in [3.63, 3.8) is 0 Å². The van der Waals surface area contributed by atoms with Crippen molar-refractivity contribution in [2.45, 2.75) is 31.7 Å². The first-order valence-electron chi connectivity index (χ1n) is 6.35. The van der Waals surface area contributed by atoms with Gasteiger partial charge in [-0.05, 0) is 31.4 Å². The van der Waals surface area contributed by atoms with Crippen molar-refractivity contribution in [2.24, 2.45) is 0 Å². The van der Waals surface area contributed by atoms with E-state index >= 15 is 0 Å². The molecule has 0 amide bonds. The molecule has 4 heteroatoms. The summed E-state index contributed by atoms with van der Waals surface area (Å²) in [5.74, 6) is 0.830. The van der Waals surface area contributed by atoms with Crippen molar-refractivity contribution < 1.29 is 19.3 Å². The lowest BCUT2D eigenvalue weighted by Crippen LogP contribution is -2.09. The lowest BCUT2D eigenvalue weighted by molar-refractivity contribution is -0.0614. The number of aliphatic hydroxyl groups is 1. The highest BCUT2D eigenvalue weighted by molar-refractivity contribution is 5.28. The molecule has 4 nitrogen and oxygen atoms in total. The van der Waals surface area contributed by atoms with Crippen LogP contribution in [-0.4, -0.2) is 31.5 Å². The third kappa shape index (κ3) is 3.45. The van der Waals surface area contributed by atoms with E-state index in [0.29, 0.717) is 6.61 Å². The summed E-state index contributed by atoms with van der Waals surface area (Å²) in [6.45, 7) is 0.873. The van der Waals surface area contributed by atoms with E-state index in [-0.39, 0.29) is 19.0 Å². The number of rotatable bonds is 6. The molecule has 1 saturated heterocycles. The highest BCUT2D eigenvalue weighted by Crippen LogP contribution is 2.29. The zero-order valence-electron chi connectivity index (χ0n) is 10.7. The van der Waals surface area contributed by atoms with Gasteiger partial charge in [0.25, 0.3) is 0 Å². The molecule has 0 radical (unpaired) electrons. The van der Waals surface area contributed by atoms with Crippen molar-refractivity contribution in [3.05, 3.63) is 29.8 Å². The van der Waals surface area contributed by atoms with Gasteiger partial charge >= 0.3 is 0 Å². The zero-order chi connectivity index (χ0) is 12.8. The van der Waals surface area contributed by atoms with E-state index in [1.54, 1.807) is 7.11 Å². The van der Waals surface area contributed by atoms with Gasteiger partial charge in [0.05, 0.1) is 19.8 Å². The Morgan fingerprint density at radius 2 is 2.06 bits per heavy atom. The largest absolute Gasteiger partial charge is 0.497 e. The third-order valence-corrected chi connectivity index (χ3v) is 3.07. The molecule has 0 aromatic heterocycles. The molecule has 18 heavy (non-hydrogen) atoms. The fourth-order valence-corrected chi connectivity index (χ4v) is 2.02. The highest BCUT2D eigenvalue weighted by Gasteiger charge is 2.26. The average Bonchev–Trinajstić information content (AvgIpc) is 2.88. The highest BCUT2D eigenvalue weighted by atomic mass is 16.7. The molecule has 1 aliphatic rings.